The van der Waals surface area contributed by atoms with Crippen molar-refractivity contribution in [3.63, 3.8) is 0 Å². The molecule has 0 radical (unpaired) electrons. The second-order valence-corrected chi connectivity index (χ2v) is 10.2. The van der Waals surface area contributed by atoms with E-state index in [0.29, 0.717) is 5.69 Å². The quantitative estimate of drug-likeness (QED) is 0.505. The Morgan fingerprint density at radius 3 is 2.10 bits per heavy atom. The van der Waals surface area contributed by atoms with Gasteiger partial charge in [0, 0.05) is 18.3 Å². The van der Waals surface area contributed by atoms with Crippen LogP contribution in [-0.4, -0.2) is 30.4 Å². The number of nitrogens with zero attached hydrogens (tertiary/aromatic N) is 1. The van der Waals surface area contributed by atoms with Crippen LogP contribution in [0.5, 0.6) is 23.0 Å². The fourth-order valence-corrected chi connectivity index (χ4v) is 5.81. The molecule has 2 unspecified atom stereocenters. The van der Waals surface area contributed by atoms with Crippen LogP contribution < -0.4 is 14.0 Å². The number of pyridine rings is 1. The summed E-state index contributed by atoms with van der Waals surface area (Å²) in [5, 5.41) is 9.16. The zero-order valence-corrected chi connectivity index (χ0v) is 19.8. The summed E-state index contributed by atoms with van der Waals surface area (Å²) in [6.07, 6.45) is 1.31. The van der Waals surface area contributed by atoms with Crippen LogP contribution in [0.1, 0.15) is 45.9 Å². The first-order chi connectivity index (χ1) is 14.0. The van der Waals surface area contributed by atoms with Crippen molar-refractivity contribution in [3.05, 3.63) is 41.7 Å². The lowest BCUT2D eigenvalue weighted by Gasteiger charge is -2.40. The van der Waals surface area contributed by atoms with Crippen molar-refractivity contribution in [2.24, 2.45) is 5.92 Å². The molecule has 0 aliphatic heterocycles. The number of phenols is 1. The van der Waals surface area contributed by atoms with Crippen molar-refractivity contribution >= 4 is 7.60 Å². The monoisotopic (exact) mass is 437 g/mol. The molecule has 0 bridgehead atoms. The standard InChI is InChI=1S/C22H32NO6P/c1-14(2)22(6,21-16(5)10-9-11-23-21)30(25,28-15(3)4)29-17-12-18(26-7)20(24)19(13-17)27-8/h9-15,24H,1-8H3. The van der Waals surface area contributed by atoms with Crippen molar-refractivity contribution in [1.82, 2.24) is 4.98 Å². The highest BCUT2D eigenvalue weighted by Crippen LogP contribution is 2.68. The second kappa shape index (κ2) is 9.27. The lowest BCUT2D eigenvalue weighted by molar-refractivity contribution is 0.180. The van der Waals surface area contributed by atoms with Crippen LogP contribution in [-0.2, 0) is 14.2 Å². The number of ether oxygens (including phenoxy) is 2. The molecule has 0 spiro atoms. The van der Waals surface area contributed by atoms with Crippen molar-refractivity contribution in [3.8, 4) is 23.0 Å². The Morgan fingerprint density at radius 1 is 1.10 bits per heavy atom. The summed E-state index contributed by atoms with van der Waals surface area (Å²) in [7, 11) is -1.03. The van der Waals surface area contributed by atoms with Crippen LogP contribution in [0.3, 0.4) is 0 Å². The minimum Gasteiger partial charge on any atom is -0.502 e. The van der Waals surface area contributed by atoms with Crippen LogP contribution in [0, 0.1) is 12.8 Å². The molecule has 1 aromatic carbocycles. The van der Waals surface area contributed by atoms with Crippen LogP contribution in [0.25, 0.3) is 0 Å². The Bertz CT molecular complexity index is 905. The van der Waals surface area contributed by atoms with E-state index < -0.39 is 12.8 Å². The average Bonchev–Trinajstić information content (AvgIpc) is 2.67. The first-order valence-corrected chi connectivity index (χ1v) is 11.4. The van der Waals surface area contributed by atoms with Gasteiger partial charge in [0.2, 0.25) is 5.75 Å². The zero-order valence-electron chi connectivity index (χ0n) is 18.9. The van der Waals surface area contributed by atoms with Gasteiger partial charge in [0.05, 0.1) is 26.0 Å². The summed E-state index contributed by atoms with van der Waals surface area (Å²) in [6.45, 7) is 11.3. The van der Waals surface area contributed by atoms with E-state index >= 15 is 0 Å². The fraction of sp³-hybridized carbons (Fsp3) is 0.500. The lowest BCUT2D eigenvalue weighted by atomic mass is 9.90. The van der Waals surface area contributed by atoms with Crippen LogP contribution in [0.15, 0.2) is 30.5 Å². The molecule has 0 aliphatic carbocycles. The summed E-state index contributed by atoms with van der Waals surface area (Å²) in [5.41, 5.74) is 1.55. The number of aromatic hydroxyl groups is 1. The third-order valence-corrected chi connectivity index (χ3v) is 8.23. The Morgan fingerprint density at radius 2 is 1.67 bits per heavy atom. The van der Waals surface area contributed by atoms with Gasteiger partial charge in [-0.15, -0.1) is 0 Å². The molecule has 0 amide bonds. The van der Waals surface area contributed by atoms with Gasteiger partial charge in [0.1, 0.15) is 10.9 Å². The van der Waals surface area contributed by atoms with E-state index in [1.165, 1.54) is 26.4 Å². The number of phenolic OH excluding ortho intramolecular Hbond substituents is 1. The summed E-state index contributed by atoms with van der Waals surface area (Å²) in [5.74, 6) is 0.183. The predicted molar refractivity (Wildman–Crippen MR) is 117 cm³/mol. The van der Waals surface area contributed by atoms with Gasteiger partial charge >= 0.3 is 7.60 Å². The minimum absolute atomic E-state index is 0.128. The fourth-order valence-electron chi connectivity index (χ4n) is 3.30. The first kappa shape index (κ1) is 24.0. The number of aryl methyl sites for hydroxylation is 1. The molecule has 8 heteroatoms. The van der Waals surface area contributed by atoms with Crippen molar-refractivity contribution in [2.75, 3.05) is 14.2 Å². The molecule has 2 rings (SSSR count). The van der Waals surface area contributed by atoms with Gasteiger partial charge in [-0.05, 0) is 45.2 Å². The van der Waals surface area contributed by atoms with E-state index in [-0.39, 0.29) is 35.0 Å². The number of benzene rings is 1. The molecule has 0 fully saturated rings. The molecule has 2 aromatic rings. The Labute approximate surface area is 178 Å². The Balaban J connectivity index is 2.70. The van der Waals surface area contributed by atoms with Gasteiger partial charge in [-0.3, -0.25) is 9.51 Å². The van der Waals surface area contributed by atoms with E-state index in [9.17, 15) is 9.67 Å². The highest BCUT2D eigenvalue weighted by atomic mass is 31.2. The molecule has 0 saturated heterocycles. The van der Waals surface area contributed by atoms with E-state index in [0.717, 1.165) is 5.56 Å². The van der Waals surface area contributed by atoms with Gasteiger partial charge in [-0.25, -0.2) is 4.57 Å². The largest absolute Gasteiger partial charge is 0.502 e. The minimum atomic E-state index is -3.86. The predicted octanol–water partition coefficient (Wildman–Crippen LogP) is 5.68. The first-order valence-electron chi connectivity index (χ1n) is 9.85. The van der Waals surface area contributed by atoms with Gasteiger partial charge in [0.25, 0.3) is 0 Å². The SMILES string of the molecule is COc1cc(OP(=O)(OC(C)C)C(C)(c2ncccc2C)C(C)C)cc(OC)c1O. The van der Waals surface area contributed by atoms with Crippen LogP contribution >= 0.6 is 7.60 Å². The maximum absolute atomic E-state index is 14.5. The highest BCUT2D eigenvalue weighted by molar-refractivity contribution is 7.55. The molecule has 30 heavy (non-hydrogen) atoms. The average molecular weight is 437 g/mol. The lowest BCUT2D eigenvalue weighted by Crippen LogP contribution is -2.34. The topological polar surface area (TPSA) is 87.1 Å². The zero-order chi connectivity index (χ0) is 22.7. The second-order valence-electron chi connectivity index (χ2n) is 7.89. The van der Waals surface area contributed by atoms with Crippen molar-refractivity contribution in [1.29, 1.82) is 0 Å². The van der Waals surface area contributed by atoms with Crippen molar-refractivity contribution in [2.45, 2.75) is 52.8 Å². The maximum atomic E-state index is 14.5. The summed E-state index contributed by atoms with van der Waals surface area (Å²) in [6, 6.07) is 6.68. The Hall–Kier alpha value is -2.24. The van der Waals surface area contributed by atoms with Crippen LogP contribution in [0.2, 0.25) is 0 Å². The third kappa shape index (κ3) is 4.42. The number of hydrogen-bond acceptors (Lipinski definition) is 7. The number of rotatable bonds is 9. The molecule has 1 N–H and O–H groups in total. The van der Waals surface area contributed by atoms with E-state index in [2.05, 4.69) is 4.98 Å². The highest BCUT2D eigenvalue weighted by Gasteiger charge is 2.54. The van der Waals surface area contributed by atoms with Gasteiger partial charge in [-0.1, -0.05) is 19.9 Å². The van der Waals surface area contributed by atoms with E-state index in [4.69, 9.17) is 18.5 Å². The summed E-state index contributed by atoms with van der Waals surface area (Å²) < 4.78 is 37.0. The van der Waals surface area contributed by atoms with E-state index in [1.54, 1.807) is 20.0 Å². The molecule has 0 saturated carbocycles. The third-order valence-electron chi connectivity index (χ3n) is 5.21. The van der Waals surface area contributed by atoms with Crippen molar-refractivity contribution < 1.29 is 28.2 Å². The van der Waals surface area contributed by atoms with Gasteiger partial charge in [-0.2, -0.15) is 0 Å². The number of methoxy groups -OCH3 is 2. The number of aromatic nitrogens is 1. The summed E-state index contributed by atoms with van der Waals surface area (Å²) >= 11 is 0. The van der Waals surface area contributed by atoms with Crippen LogP contribution in [0.4, 0.5) is 0 Å². The molecule has 7 nitrogen and oxygen atoms in total. The summed E-state index contributed by atoms with van der Waals surface area (Å²) in [4.78, 5) is 4.55. The van der Waals surface area contributed by atoms with Gasteiger partial charge < -0.3 is 19.1 Å². The van der Waals surface area contributed by atoms with E-state index in [1.807, 2.05) is 39.8 Å². The molecule has 0 aliphatic rings. The molecular formula is C22H32NO6P. The molecule has 1 aromatic heterocycles. The molecule has 1 heterocycles. The molecule has 2 atom stereocenters. The number of hydrogen-bond donors (Lipinski definition) is 1. The van der Waals surface area contributed by atoms with Gasteiger partial charge in [0.15, 0.2) is 11.5 Å². The normalized spacial score (nSPS) is 15.5. The smallest absolute Gasteiger partial charge is 0.391 e. The molecule has 166 valence electrons. The Kier molecular flexibility index (Phi) is 7.43. The maximum Gasteiger partial charge on any atom is 0.391 e. The molecular weight excluding hydrogens is 405 g/mol.